The molecule has 2 amide bonds. The van der Waals surface area contributed by atoms with Crippen LogP contribution in [0.4, 0.5) is 0 Å². The predicted octanol–water partition coefficient (Wildman–Crippen LogP) is 1.97. The van der Waals surface area contributed by atoms with E-state index in [0.717, 1.165) is 16.6 Å². The molecule has 0 aliphatic carbocycles. The van der Waals surface area contributed by atoms with Crippen LogP contribution in [0.3, 0.4) is 0 Å². The number of aromatic amines is 1. The number of carbonyl (C=O) groups excluding carboxylic acids is 2. The number of carbonyl (C=O) groups is 2. The summed E-state index contributed by atoms with van der Waals surface area (Å²) in [6.45, 7) is 1.84. The van der Waals surface area contributed by atoms with Gasteiger partial charge in [0.2, 0.25) is 0 Å². The molecule has 0 radical (unpaired) electrons. The Balaban J connectivity index is 1.77. The fraction of sp³-hybridized carbons (Fsp3) is 0.111. The zero-order valence-corrected chi connectivity index (χ0v) is 13.9. The summed E-state index contributed by atoms with van der Waals surface area (Å²) in [6, 6.07) is 8.40. The van der Waals surface area contributed by atoms with E-state index in [1.54, 1.807) is 36.7 Å². The number of benzene rings is 1. The van der Waals surface area contributed by atoms with Crippen LogP contribution in [0.15, 0.2) is 48.8 Å². The van der Waals surface area contributed by atoms with E-state index in [4.69, 9.17) is 5.21 Å². The van der Waals surface area contributed by atoms with Crippen molar-refractivity contribution in [3.63, 3.8) is 0 Å². The SMILES string of the molecule is CC(NC(=O)c1ccncc1)c1nc2ccc(C=CC(=O)NO)cc2[nH]1. The van der Waals surface area contributed by atoms with Gasteiger partial charge in [-0.2, -0.15) is 0 Å². The van der Waals surface area contributed by atoms with Crippen LogP contribution in [0.5, 0.6) is 0 Å². The molecule has 0 saturated heterocycles. The van der Waals surface area contributed by atoms with E-state index in [1.807, 2.05) is 19.1 Å². The average molecular weight is 351 g/mol. The Hall–Kier alpha value is -3.52. The topological polar surface area (TPSA) is 120 Å². The van der Waals surface area contributed by atoms with Gasteiger partial charge in [-0.05, 0) is 42.8 Å². The summed E-state index contributed by atoms with van der Waals surface area (Å²) in [6.07, 6.45) is 5.91. The van der Waals surface area contributed by atoms with E-state index in [2.05, 4.69) is 20.3 Å². The van der Waals surface area contributed by atoms with Crippen molar-refractivity contribution in [1.29, 1.82) is 0 Å². The van der Waals surface area contributed by atoms with Gasteiger partial charge < -0.3 is 10.3 Å². The molecule has 2 heterocycles. The number of hydroxylamine groups is 1. The van der Waals surface area contributed by atoms with E-state index in [9.17, 15) is 9.59 Å². The number of rotatable bonds is 5. The minimum Gasteiger partial charge on any atom is -0.342 e. The number of fused-ring (bicyclic) bond motifs is 1. The second kappa shape index (κ2) is 7.58. The maximum Gasteiger partial charge on any atom is 0.267 e. The Morgan fingerprint density at radius 1 is 1.23 bits per heavy atom. The van der Waals surface area contributed by atoms with Crippen LogP contribution in [0.1, 0.15) is 34.7 Å². The number of hydrogen-bond acceptors (Lipinski definition) is 5. The lowest BCUT2D eigenvalue weighted by Crippen LogP contribution is -2.27. The van der Waals surface area contributed by atoms with Crippen molar-refractivity contribution < 1.29 is 14.8 Å². The minimum absolute atomic E-state index is 0.209. The molecule has 0 aliphatic rings. The summed E-state index contributed by atoms with van der Waals surface area (Å²) in [7, 11) is 0. The second-order valence-electron chi connectivity index (χ2n) is 5.64. The van der Waals surface area contributed by atoms with Crippen molar-refractivity contribution in [2.75, 3.05) is 0 Å². The summed E-state index contributed by atoms with van der Waals surface area (Å²) < 4.78 is 0. The number of amides is 2. The van der Waals surface area contributed by atoms with Crippen LogP contribution in [-0.2, 0) is 4.79 Å². The molecule has 4 N–H and O–H groups in total. The smallest absolute Gasteiger partial charge is 0.267 e. The Kier molecular flexibility index (Phi) is 5.04. The van der Waals surface area contributed by atoms with Gasteiger partial charge in [0.25, 0.3) is 11.8 Å². The van der Waals surface area contributed by atoms with E-state index < -0.39 is 5.91 Å². The van der Waals surface area contributed by atoms with Crippen molar-refractivity contribution >= 4 is 28.9 Å². The lowest BCUT2D eigenvalue weighted by Gasteiger charge is -2.11. The highest BCUT2D eigenvalue weighted by Crippen LogP contribution is 2.18. The molecule has 0 aliphatic heterocycles. The van der Waals surface area contributed by atoms with Gasteiger partial charge in [0.1, 0.15) is 5.82 Å². The summed E-state index contributed by atoms with van der Waals surface area (Å²) in [4.78, 5) is 34.8. The number of H-pyrrole nitrogens is 1. The first-order valence-electron chi connectivity index (χ1n) is 7.89. The first-order valence-corrected chi connectivity index (χ1v) is 7.89. The Morgan fingerprint density at radius 3 is 2.73 bits per heavy atom. The lowest BCUT2D eigenvalue weighted by atomic mass is 10.2. The average Bonchev–Trinajstić information content (AvgIpc) is 3.10. The van der Waals surface area contributed by atoms with Crippen LogP contribution in [0.2, 0.25) is 0 Å². The number of hydrogen-bond donors (Lipinski definition) is 4. The van der Waals surface area contributed by atoms with Gasteiger partial charge in [-0.3, -0.25) is 19.8 Å². The number of imidazole rings is 1. The maximum atomic E-state index is 12.2. The van der Waals surface area contributed by atoms with Crippen LogP contribution >= 0.6 is 0 Å². The summed E-state index contributed by atoms with van der Waals surface area (Å²) >= 11 is 0. The second-order valence-corrected chi connectivity index (χ2v) is 5.64. The van der Waals surface area contributed by atoms with E-state index in [1.165, 1.54) is 11.6 Å². The zero-order valence-electron chi connectivity index (χ0n) is 13.9. The monoisotopic (exact) mass is 351 g/mol. The summed E-state index contributed by atoms with van der Waals surface area (Å²) in [5.74, 6) is -0.196. The Bertz CT molecular complexity index is 965. The van der Waals surface area contributed by atoms with E-state index in [-0.39, 0.29) is 11.9 Å². The van der Waals surface area contributed by atoms with Gasteiger partial charge in [-0.1, -0.05) is 6.07 Å². The molecule has 1 unspecified atom stereocenters. The fourth-order valence-corrected chi connectivity index (χ4v) is 2.42. The molecule has 3 rings (SSSR count). The molecule has 1 atom stereocenters. The number of pyridine rings is 1. The first-order chi connectivity index (χ1) is 12.6. The van der Waals surface area contributed by atoms with Crippen LogP contribution in [0.25, 0.3) is 17.1 Å². The van der Waals surface area contributed by atoms with Crippen LogP contribution < -0.4 is 10.8 Å². The molecule has 0 saturated carbocycles. The quantitative estimate of drug-likeness (QED) is 0.318. The molecular formula is C18H17N5O3. The number of nitrogens with one attached hydrogen (secondary N) is 3. The molecule has 0 spiro atoms. The highest BCUT2D eigenvalue weighted by molar-refractivity contribution is 5.94. The molecular weight excluding hydrogens is 334 g/mol. The van der Waals surface area contributed by atoms with Crippen LogP contribution in [0, 0.1) is 0 Å². The molecule has 1 aromatic carbocycles. The van der Waals surface area contributed by atoms with Gasteiger partial charge in [0.15, 0.2) is 0 Å². The van der Waals surface area contributed by atoms with Crippen molar-refractivity contribution in [1.82, 2.24) is 25.7 Å². The number of nitrogens with zero attached hydrogens (tertiary/aromatic N) is 2. The highest BCUT2D eigenvalue weighted by atomic mass is 16.5. The van der Waals surface area contributed by atoms with E-state index in [0.29, 0.717) is 11.4 Å². The van der Waals surface area contributed by atoms with Gasteiger partial charge in [-0.15, -0.1) is 0 Å². The molecule has 0 bridgehead atoms. The number of aromatic nitrogens is 3. The summed E-state index contributed by atoms with van der Waals surface area (Å²) in [5, 5.41) is 11.4. The normalized spacial score (nSPS) is 12.2. The van der Waals surface area contributed by atoms with Crippen molar-refractivity contribution in [3.8, 4) is 0 Å². The third kappa shape index (κ3) is 3.93. The third-order valence-electron chi connectivity index (χ3n) is 3.76. The van der Waals surface area contributed by atoms with Crippen molar-refractivity contribution in [2.45, 2.75) is 13.0 Å². The summed E-state index contributed by atoms with van der Waals surface area (Å²) in [5.41, 5.74) is 4.35. The van der Waals surface area contributed by atoms with E-state index >= 15 is 0 Å². The standard InChI is InChI=1S/C18H17N5O3/c1-11(20-18(25)13-6-8-19-9-7-13)17-21-14-4-2-12(10-15(14)22-17)3-5-16(24)23-26/h2-11,26H,1H3,(H,20,25)(H,21,22)(H,23,24). The Labute approximate surface area is 148 Å². The lowest BCUT2D eigenvalue weighted by molar-refractivity contribution is -0.124. The first kappa shape index (κ1) is 17.3. The van der Waals surface area contributed by atoms with Gasteiger partial charge >= 0.3 is 0 Å². The molecule has 0 fully saturated rings. The van der Waals surface area contributed by atoms with Gasteiger partial charge in [0.05, 0.1) is 17.1 Å². The third-order valence-corrected chi connectivity index (χ3v) is 3.76. The Morgan fingerprint density at radius 2 is 2.00 bits per heavy atom. The van der Waals surface area contributed by atoms with Gasteiger partial charge in [0, 0.05) is 24.0 Å². The molecule has 132 valence electrons. The molecule has 26 heavy (non-hydrogen) atoms. The molecule has 3 aromatic rings. The van der Waals surface area contributed by atoms with Gasteiger partial charge in [-0.25, -0.2) is 10.5 Å². The van der Waals surface area contributed by atoms with Crippen molar-refractivity contribution in [3.05, 3.63) is 65.8 Å². The van der Waals surface area contributed by atoms with Crippen LogP contribution in [-0.4, -0.2) is 32.0 Å². The zero-order chi connectivity index (χ0) is 18.5. The molecule has 8 nitrogen and oxygen atoms in total. The predicted molar refractivity (Wildman–Crippen MR) is 95.2 cm³/mol. The largest absolute Gasteiger partial charge is 0.342 e. The van der Waals surface area contributed by atoms with Crippen molar-refractivity contribution in [2.24, 2.45) is 0 Å². The highest BCUT2D eigenvalue weighted by Gasteiger charge is 2.14. The fourth-order valence-electron chi connectivity index (χ4n) is 2.42. The molecule has 8 heteroatoms. The maximum absolute atomic E-state index is 12.2. The minimum atomic E-state index is -0.608. The molecule has 2 aromatic heterocycles.